The lowest BCUT2D eigenvalue weighted by atomic mass is 10.1. The zero-order valence-corrected chi connectivity index (χ0v) is 14.0. The standard InChI is InChI=1S/C19H19N5/c1-14-4-6-17(15(2)10-14)23-13-24(3)12-22-16-5-7-18-19(11-16)21-9-8-20-18/h4-13H,1-3H3/b22-12+,23-13+. The summed E-state index contributed by atoms with van der Waals surface area (Å²) in [5, 5.41) is 0. The molecule has 5 heteroatoms. The molecule has 0 aliphatic carbocycles. The van der Waals surface area contributed by atoms with Gasteiger partial charge in [-0.2, -0.15) is 0 Å². The molecule has 2 aromatic carbocycles. The lowest BCUT2D eigenvalue weighted by Gasteiger charge is -2.06. The summed E-state index contributed by atoms with van der Waals surface area (Å²) in [5.74, 6) is 0. The van der Waals surface area contributed by atoms with E-state index in [1.807, 2.05) is 36.2 Å². The number of aromatic nitrogens is 2. The molecule has 0 atom stereocenters. The van der Waals surface area contributed by atoms with E-state index in [4.69, 9.17) is 0 Å². The van der Waals surface area contributed by atoms with Crippen molar-refractivity contribution in [2.75, 3.05) is 7.05 Å². The van der Waals surface area contributed by atoms with E-state index in [9.17, 15) is 0 Å². The minimum atomic E-state index is 0.828. The summed E-state index contributed by atoms with van der Waals surface area (Å²) in [4.78, 5) is 19.3. The molecule has 24 heavy (non-hydrogen) atoms. The molecule has 0 spiro atoms. The zero-order chi connectivity index (χ0) is 16.9. The second-order valence-electron chi connectivity index (χ2n) is 5.67. The second kappa shape index (κ2) is 7.00. The van der Waals surface area contributed by atoms with Crippen LogP contribution in [0, 0.1) is 13.8 Å². The summed E-state index contributed by atoms with van der Waals surface area (Å²) in [5.41, 5.74) is 5.88. The van der Waals surface area contributed by atoms with Crippen molar-refractivity contribution in [3.8, 4) is 0 Å². The maximum Gasteiger partial charge on any atom is 0.0961 e. The predicted molar refractivity (Wildman–Crippen MR) is 99.5 cm³/mol. The van der Waals surface area contributed by atoms with Gasteiger partial charge in [0, 0.05) is 19.4 Å². The Labute approximate surface area is 141 Å². The van der Waals surface area contributed by atoms with Gasteiger partial charge in [0.1, 0.15) is 0 Å². The van der Waals surface area contributed by atoms with E-state index >= 15 is 0 Å². The summed E-state index contributed by atoms with van der Waals surface area (Å²) in [7, 11) is 1.90. The molecule has 1 heterocycles. The molecule has 0 amide bonds. The van der Waals surface area contributed by atoms with E-state index in [0.29, 0.717) is 0 Å². The highest BCUT2D eigenvalue weighted by Gasteiger charge is 1.97. The monoisotopic (exact) mass is 317 g/mol. The lowest BCUT2D eigenvalue weighted by molar-refractivity contribution is 0.802. The smallest absolute Gasteiger partial charge is 0.0961 e. The van der Waals surface area contributed by atoms with Crippen LogP contribution in [0.25, 0.3) is 11.0 Å². The highest BCUT2D eigenvalue weighted by atomic mass is 15.1. The van der Waals surface area contributed by atoms with E-state index in [1.165, 1.54) is 5.56 Å². The van der Waals surface area contributed by atoms with Gasteiger partial charge in [-0.3, -0.25) is 9.97 Å². The fourth-order valence-corrected chi connectivity index (χ4v) is 2.32. The lowest BCUT2D eigenvalue weighted by Crippen LogP contribution is -2.12. The van der Waals surface area contributed by atoms with Crippen LogP contribution in [0.2, 0.25) is 0 Å². The first kappa shape index (κ1) is 15.8. The van der Waals surface area contributed by atoms with Gasteiger partial charge in [-0.05, 0) is 43.7 Å². The van der Waals surface area contributed by atoms with Crippen molar-refractivity contribution in [3.05, 3.63) is 59.9 Å². The van der Waals surface area contributed by atoms with E-state index in [0.717, 1.165) is 28.0 Å². The summed E-state index contributed by atoms with van der Waals surface area (Å²) < 4.78 is 0. The van der Waals surface area contributed by atoms with Gasteiger partial charge >= 0.3 is 0 Å². The van der Waals surface area contributed by atoms with Crippen molar-refractivity contribution >= 4 is 35.1 Å². The van der Waals surface area contributed by atoms with Gasteiger partial charge in [0.2, 0.25) is 0 Å². The van der Waals surface area contributed by atoms with Crippen molar-refractivity contribution < 1.29 is 0 Å². The van der Waals surface area contributed by atoms with Crippen LogP contribution in [-0.2, 0) is 0 Å². The molecule has 1 aromatic heterocycles. The van der Waals surface area contributed by atoms with Crippen LogP contribution in [0.3, 0.4) is 0 Å². The van der Waals surface area contributed by atoms with Crippen LogP contribution >= 0.6 is 0 Å². The molecule has 5 nitrogen and oxygen atoms in total. The number of aryl methyl sites for hydroxylation is 2. The van der Waals surface area contributed by atoms with Crippen LogP contribution in [0.4, 0.5) is 11.4 Å². The third kappa shape index (κ3) is 3.81. The van der Waals surface area contributed by atoms with Crippen LogP contribution in [0.15, 0.2) is 58.8 Å². The maximum atomic E-state index is 4.50. The van der Waals surface area contributed by atoms with E-state index < -0.39 is 0 Å². The van der Waals surface area contributed by atoms with Crippen LogP contribution in [0.5, 0.6) is 0 Å². The maximum absolute atomic E-state index is 4.50. The molecule has 0 unspecified atom stereocenters. The topological polar surface area (TPSA) is 53.7 Å². The number of hydrogen-bond acceptors (Lipinski definition) is 4. The first-order valence-electron chi connectivity index (χ1n) is 7.70. The molecule has 3 aromatic rings. The molecular weight excluding hydrogens is 298 g/mol. The molecule has 0 radical (unpaired) electrons. The molecule has 0 aliphatic rings. The summed E-state index contributed by atoms with van der Waals surface area (Å²) in [6.07, 6.45) is 6.84. The van der Waals surface area contributed by atoms with Crippen molar-refractivity contribution in [1.82, 2.24) is 14.9 Å². The molecule has 0 bridgehead atoms. The summed E-state index contributed by atoms with van der Waals surface area (Å²) >= 11 is 0. The van der Waals surface area contributed by atoms with Crippen molar-refractivity contribution in [2.45, 2.75) is 13.8 Å². The van der Waals surface area contributed by atoms with Crippen LogP contribution < -0.4 is 0 Å². The SMILES string of the molecule is Cc1ccc(/N=C/N(C)/C=N/c2ccc3nccnc3c2)c(C)c1. The molecular formula is C19H19N5. The average Bonchev–Trinajstić information content (AvgIpc) is 2.59. The molecule has 0 saturated heterocycles. The Kier molecular flexibility index (Phi) is 4.61. The molecule has 0 aliphatic heterocycles. The van der Waals surface area contributed by atoms with Crippen LogP contribution in [0.1, 0.15) is 11.1 Å². The van der Waals surface area contributed by atoms with Gasteiger partial charge in [-0.15, -0.1) is 0 Å². The van der Waals surface area contributed by atoms with Gasteiger partial charge in [0.15, 0.2) is 0 Å². The highest BCUT2D eigenvalue weighted by Crippen LogP contribution is 2.19. The molecule has 0 saturated carbocycles. The predicted octanol–water partition coefficient (Wildman–Crippen LogP) is 4.20. The third-order valence-corrected chi connectivity index (χ3v) is 3.57. The molecule has 0 N–H and O–H groups in total. The van der Waals surface area contributed by atoms with E-state index in [1.54, 1.807) is 25.1 Å². The molecule has 120 valence electrons. The molecule has 3 rings (SSSR count). The van der Waals surface area contributed by atoms with Crippen molar-refractivity contribution in [1.29, 1.82) is 0 Å². The Hall–Kier alpha value is -3.08. The number of benzene rings is 2. The Morgan fingerprint density at radius 3 is 2.42 bits per heavy atom. The Bertz CT molecular complexity index is 915. The first-order chi connectivity index (χ1) is 11.6. The Morgan fingerprint density at radius 2 is 1.62 bits per heavy atom. The van der Waals surface area contributed by atoms with Crippen molar-refractivity contribution in [2.24, 2.45) is 9.98 Å². The zero-order valence-electron chi connectivity index (χ0n) is 14.0. The summed E-state index contributed by atoms with van der Waals surface area (Å²) in [6.45, 7) is 4.14. The number of rotatable bonds is 4. The van der Waals surface area contributed by atoms with E-state index in [-0.39, 0.29) is 0 Å². The van der Waals surface area contributed by atoms with Gasteiger partial charge in [-0.25, -0.2) is 9.98 Å². The third-order valence-electron chi connectivity index (χ3n) is 3.57. The van der Waals surface area contributed by atoms with Crippen molar-refractivity contribution in [3.63, 3.8) is 0 Å². The fourth-order valence-electron chi connectivity index (χ4n) is 2.32. The highest BCUT2D eigenvalue weighted by molar-refractivity contribution is 5.81. The average molecular weight is 317 g/mol. The summed E-state index contributed by atoms with van der Waals surface area (Å²) in [6, 6.07) is 11.9. The Balaban J connectivity index is 1.71. The normalized spacial score (nSPS) is 11.6. The van der Waals surface area contributed by atoms with Crippen LogP contribution in [-0.4, -0.2) is 34.6 Å². The minimum Gasteiger partial charge on any atom is -0.326 e. The minimum absolute atomic E-state index is 0.828. The number of nitrogens with zero attached hydrogens (tertiary/aromatic N) is 5. The number of hydrogen-bond donors (Lipinski definition) is 0. The van der Waals surface area contributed by atoms with Gasteiger partial charge in [0.05, 0.1) is 35.1 Å². The molecule has 0 fully saturated rings. The van der Waals surface area contributed by atoms with Gasteiger partial charge < -0.3 is 4.90 Å². The first-order valence-corrected chi connectivity index (χ1v) is 7.70. The van der Waals surface area contributed by atoms with Gasteiger partial charge in [0.25, 0.3) is 0 Å². The second-order valence-corrected chi connectivity index (χ2v) is 5.67. The van der Waals surface area contributed by atoms with Gasteiger partial charge in [-0.1, -0.05) is 17.7 Å². The fraction of sp³-hybridized carbons (Fsp3) is 0.158. The Morgan fingerprint density at radius 1 is 0.875 bits per heavy atom. The quantitative estimate of drug-likeness (QED) is 0.535. The largest absolute Gasteiger partial charge is 0.326 e. The number of aliphatic imine (C=N–C) groups is 2. The number of fused-ring (bicyclic) bond motifs is 1. The van der Waals surface area contributed by atoms with E-state index in [2.05, 4.69) is 45.9 Å².